The van der Waals surface area contributed by atoms with Crippen molar-refractivity contribution in [2.45, 2.75) is 75.3 Å². The minimum atomic E-state index is -1.36. The summed E-state index contributed by atoms with van der Waals surface area (Å²) in [6, 6.07) is 16.4. The summed E-state index contributed by atoms with van der Waals surface area (Å²) < 4.78 is 0. The van der Waals surface area contributed by atoms with E-state index in [1.807, 2.05) is 66.7 Å². The van der Waals surface area contributed by atoms with Gasteiger partial charge in [-0.05, 0) is 49.1 Å². The summed E-state index contributed by atoms with van der Waals surface area (Å²) in [5.41, 5.74) is 8.31. The molecule has 0 spiro atoms. The molecule has 0 aromatic heterocycles. The van der Waals surface area contributed by atoms with E-state index >= 15 is 0 Å². The Morgan fingerprint density at radius 2 is 1.64 bits per heavy atom. The number of nitrogens with two attached hydrogens (primary N) is 1. The first-order chi connectivity index (χ1) is 21.7. The molecule has 240 valence electrons. The first-order valence-corrected chi connectivity index (χ1v) is 15.8. The number of amides is 3. The Bertz CT molecular complexity index is 1390. The molecule has 1 aliphatic carbocycles. The molecule has 1 saturated carbocycles. The van der Waals surface area contributed by atoms with Crippen molar-refractivity contribution in [2.75, 3.05) is 19.6 Å². The summed E-state index contributed by atoms with van der Waals surface area (Å²) in [6.45, 7) is 1.50. The molecule has 3 amide bonds. The number of carbonyl (C=O) groups is 3. The van der Waals surface area contributed by atoms with Crippen molar-refractivity contribution < 1.29 is 24.6 Å². The van der Waals surface area contributed by atoms with Gasteiger partial charge < -0.3 is 36.4 Å². The maximum absolute atomic E-state index is 14.4. The third-order valence-electron chi connectivity index (χ3n) is 9.26. The number of aliphatic hydroxyl groups excluding tert-OH is 2. The van der Waals surface area contributed by atoms with Crippen LogP contribution in [0.25, 0.3) is 0 Å². The van der Waals surface area contributed by atoms with Crippen molar-refractivity contribution >= 4 is 23.7 Å². The maximum Gasteiger partial charge on any atom is 0.249 e. The lowest BCUT2D eigenvalue weighted by Crippen LogP contribution is -2.58. The molecule has 2 aromatic rings. The van der Waals surface area contributed by atoms with E-state index in [4.69, 9.17) is 11.1 Å². The summed E-state index contributed by atoms with van der Waals surface area (Å²) in [7, 11) is 0. The fourth-order valence-electron chi connectivity index (χ4n) is 6.86. The predicted molar refractivity (Wildman–Crippen MR) is 170 cm³/mol. The second kappa shape index (κ2) is 14.7. The molecule has 0 bridgehead atoms. The molecule has 5 rings (SSSR count). The molecule has 2 aliphatic heterocycles. The third kappa shape index (κ3) is 8.09. The van der Waals surface area contributed by atoms with Crippen molar-refractivity contribution in [3.8, 4) is 0 Å². The standard InChI is InChI=1S/C34H44N6O5/c35-34(36)39-16-14-24(21-39)13-15-37-31(43)29-19-25-11-12-26(41)20-28(25)40(29)33(45)27(17-22-7-3-1-4-8-22)38-32(44)30(42)18-23-9-5-2-6-10-23/h1-10,14,25-30,41-42H,11-13,15-21H2,(H3,35,36)(H,37,43)(H,38,44)/t25-,26+,27+,28-,29+,30+/m1/s1. The van der Waals surface area contributed by atoms with Gasteiger partial charge in [0, 0.05) is 38.5 Å². The van der Waals surface area contributed by atoms with Gasteiger partial charge in [0.1, 0.15) is 18.2 Å². The number of fused-ring (bicyclic) bond motifs is 1. The van der Waals surface area contributed by atoms with Crippen LogP contribution < -0.4 is 16.4 Å². The molecular weight excluding hydrogens is 572 g/mol. The molecule has 2 heterocycles. The molecule has 7 N–H and O–H groups in total. The van der Waals surface area contributed by atoms with Gasteiger partial charge in [-0.1, -0.05) is 72.3 Å². The topological polar surface area (TPSA) is 172 Å². The Morgan fingerprint density at radius 1 is 0.978 bits per heavy atom. The number of nitrogens with zero attached hydrogens (tertiary/aromatic N) is 2. The van der Waals surface area contributed by atoms with Crippen LogP contribution in [0.5, 0.6) is 0 Å². The Kier molecular flexibility index (Phi) is 10.5. The van der Waals surface area contributed by atoms with Crippen LogP contribution in [0.3, 0.4) is 0 Å². The number of rotatable bonds is 11. The Balaban J connectivity index is 1.32. The van der Waals surface area contributed by atoms with Crippen molar-refractivity contribution in [3.63, 3.8) is 0 Å². The van der Waals surface area contributed by atoms with E-state index in [-0.39, 0.29) is 36.7 Å². The Labute approximate surface area is 264 Å². The van der Waals surface area contributed by atoms with Gasteiger partial charge in [0.2, 0.25) is 17.7 Å². The summed E-state index contributed by atoms with van der Waals surface area (Å²) in [4.78, 5) is 44.7. The lowest BCUT2D eigenvalue weighted by molar-refractivity contribution is -0.145. The zero-order valence-corrected chi connectivity index (χ0v) is 25.5. The first kappa shape index (κ1) is 32.2. The SMILES string of the molecule is N=C(N)N1CC=C(CCNC(=O)[C@@H]2C[C@H]3CC[C@H](O)C[C@H]3N2C(=O)[C@H](Cc2ccccc2)NC(=O)[C@@H](O)Cc2ccccc2)C1. The summed E-state index contributed by atoms with van der Waals surface area (Å²) >= 11 is 0. The van der Waals surface area contributed by atoms with Gasteiger partial charge in [-0.25, -0.2) is 0 Å². The zero-order chi connectivity index (χ0) is 31.9. The number of hydrogen-bond acceptors (Lipinski definition) is 6. The van der Waals surface area contributed by atoms with Crippen molar-refractivity contribution in [2.24, 2.45) is 11.7 Å². The van der Waals surface area contributed by atoms with E-state index in [0.29, 0.717) is 51.7 Å². The number of hydrogen-bond donors (Lipinski definition) is 6. The maximum atomic E-state index is 14.4. The predicted octanol–water partition coefficient (Wildman–Crippen LogP) is 1.09. The number of carbonyl (C=O) groups excluding carboxylic acids is 3. The zero-order valence-electron chi connectivity index (χ0n) is 25.5. The fraction of sp³-hybridized carbons (Fsp3) is 0.471. The number of benzene rings is 2. The van der Waals surface area contributed by atoms with Gasteiger partial charge in [0.15, 0.2) is 5.96 Å². The Hall–Kier alpha value is -4.22. The summed E-state index contributed by atoms with van der Waals surface area (Å²) in [5, 5.41) is 34.8. The summed E-state index contributed by atoms with van der Waals surface area (Å²) in [6.07, 6.45) is 3.16. The minimum Gasteiger partial charge on any atom is -0.393 e. The van der Waals surface area contributed by atoms with Crippen molar-refractivity contribution in [3.05, 3.63) is 83.4 Å². The van der Waals surface area contributed by atoms with Crippen molar-refractivity contribution in [1.82, 2.24) is 20.4 Å². The number of likely N-dealkylation sites (tertiary alicyclic amines) is 1. The van der Waals surface area contributed by atoms with Gasteiger partial charge in [-0.15, -0.1) is 0 Å². The van der Waals surface area contributed by atoms with Gasteiger partial charge in [0.05, 0.1) is 6.10 Å². The van der Waals surface area contributed by atoms with Crippen LogP contribution in [0.2, 0.25) is 0 Å². The highest BCUT2D eigenvalue weighted by Crippen LogP contribution is 2.40. The lowest BCUT2D eigenvalue weighted by atomic mass is 9.83. The Morgan fingerprint density at radius 3 is 2.29 bits per heavy atom. The first-order valence-electron chi connectivity index (χ1n) is 15.8. The van der Waals surface area contributed by atoms with Gasteiger partial charge in [-0.2, -0.15) is 0 Å². The number of guanidine groups is 1. The molecule has 2 fully saturated rings. The van der Waals surface area contributed by atoms with Crippen LogP contribution in [0.15, 0.2) is 72.3 Å². The van der Waals surface area contributed by atoms with Gasteiger partial charge in [-0.3, -0.25) is 19.8 Å². The van der Waals surface area contributed by atoms with Gasteiger partial charge >= 0.3 is 0 Å². The normalized spacial score (nSPS) is 23.9. The van der Waals surface area contributed by atoms with E-state index in [2.05, 4.69) is 10.6 Å². The summed E-state index contributed by atoms with van der Waals surface area (Å²) in [5.74, 6) is -1.23. The third-order valence-corrected chi connectivity index (χ3v) is 9.26. The molecule has 6 atom stereocenters. The molecule has 11 heteroatoms. The van der Waals surface area contributed by atoms with Crippen LogP contribution in [0.1, 0.15) is 43.2 Å². The van der Waals surface area contributed by atoms with E-state index in [0.717, 1.165) is 16.7 Å². The molecule has 0 unspecified atom stereocenters. The highest BCUT2D eigenvalue weighted by Gasteiger charge is 2.50. The molecule has 11 nitrogen and oxygen atoms in total. The monoisotopic (exact) mass is 616 g/mol. The fourth-order valence-corrected chi connectivity index (χ4v) is 6.86. The van der Waals surface area contributed by atoms with Crippen LogP contribution in [-0.2, 0) is 27.2 Å². The second-order valence-corrected chi connectivity index (χ2v) is 12.4. The molecular formula is C34H44N6O5. The average molecular weight is 617 g/mol. The van der Waals surface area contributed by atoms with Crippen LogP contribution in [0.4, 0.5) is 0 Å². The van der Waals surface area contributed by atoms with E-state index in [9.17, 15) is 24.6 Å². The van der Waals surface area contributed by atoms with Crippen LogP contribution in [-0.4, -0.2) is 93.7 Å². The quantitative estimate of drug-likeness (QED) is 0.125. The van der Waals surface area contributed by atoms with Gasteiger partial charge in [0.25, 0.3) is 0 Å². The molecule has 0 radical (unpaired) electrons. The number of aliphatic hydroxyl groups is 2. The highest BCUT2D eigenvalue weighted by molar-refractivity contribution is 5.94. The highest BCUT2D eigenvalue weighted by atomic mass is 16.3. The molecule has 3 aliphatic rings. The second-order valence-electron chi connectivity index (χ2n) is 12.4. The average Bonchev–Trinajstić information content (AvgIpc) is 3.66. The van der Waals surface area contributed by atoms with Crippen LogP contribution >= 0.6 is 0 Å². The smallest absolute Gasteiger partial charge is 0.249 e. The van der Waals surface area contributed by atoms with E-state index in [1.54, 1.807) is 9.80 Å². The van der Waals surface area contributed by atoms with E-state index < -0.39 is 36.1 Å². The molecule has 1 saturated heterocycles. The largest absolute Gasteiger partial charge is 0.393 e. The van der Waals surface area contributed by atoms with Crippen LogP contribution in [0, 0.1) is 11.3 Å². The number of nitrogens with one attached hydrogen (secondary N) is 3. The molecule has 2 aromatic carbocycles. The lowest BCUT2D eigenvalue weighted by Gasteiger charge is -2.37. The van der Waals surface area contributed by atoms with E-state index in [1.165, 1.54) is 0 Å². The molecule has 45 heavy (non-hydrogen) atoms. The van der Waals surface area contributed by atoms with Crippen molar-refractivity contribution in [1.29, 1.82) is 5.41 Å². The minimum absolute atomic E-state index is 0.0138.